The molecule has 386 valence electrons. The lowest BCUT2D eigenvalue weighted by Crippen LogP contribution is -2.49. The Kier molecular flexibility index (Phi) is 16.0. The summed E-state index contributed by atoms with van der Waals surface area (Å²) >= 11 is 0. The first kappa shape index (κ1) is 50.7. The number of sulfonamides is 2. The standard InChI is InChI=1S/C56H70N4O10S2/c61-54(69-56(45-15-16-45)72(65,66)57-27-33-67-46-21-17-43-19-23-52(58-28-7-29-58)50(48(43)37-46)35-40-9-3-1-4-10-40)25-26-55(62)70-60(71(63,64)39-42-13-14-42)32-34-68-47-22-18-44-20-24-53(59-30-8-31-59)51(49(44)38-47)36-41-11-5-2-6-12-41/h1-6,9-12,17-18,21-22,37-38,42,45,50-53,56-57H,7-8,13-16,19-20,23-36,39H2. The molecular formula is C56H70N4O10S2. The first-order valence-corrected chi connectivity index (χ1v) is 29.6. The lowest BCUT2D eigenvalue weighted by atomic mass is 9.75. The second-order valence-corrected chi connectivity index (χ2v) is 24.6. The molecule has 4 aliphatic carbocycles. The molecular weight excluding hydrogens is 953 g/mol. The molecule has 0 spiro atoms. The molecule has 4 aromatic carbocycles. The summed E-state index contributed by atoms with van der Waals surface area (Å²) in [6.07, 6.45) is 10.2. The molecule has 5 unspecified atom stereocenters. The number of hydroxylamine groups is 1. The van der Waals surface area contributed by atoms with Crippen molar-refractivity contribution in [2.24, 2.45) is 11.8 Å². The summed E-state index contributed by atoms with van der Waals surface area (Å²) in [5.74, 6) is -0.510. The van der Waals surface area contributed by atoms with Gasteiger partial charge in [0.25, 0.3) is 0 Å². The highest BCUT2D eigenvalue weighted by Crippen LogP contribution is 2.42. The van der Waals surface area contributed by atoms with Gasteiger partial charge >= 0.3 is 11.9 Å². The largest absolute Gasteiger partial charge is 0.492 e. The number of benzene rings is 4. The number of likely N-dealkylation sites (tertiary alicyclic amines) is 2. The van der Waals surface area contributed by atoms with Crippen molar-refractivity contribution < 1.29 is 45.5 Å². The molecule has 2 saturated carbocycles. The van der Waals surface area contributed by atoms with Crippen LogP contribution in [0.1, 0.15) is 109 Å². The van der Waals surface area contributed by atoms with Crippen LogP contribution in [0.25, 0.3) is 0 Å². The molecule has 0 aromatic heterocycles. The fraction of sp³-hybridized carbons (Fsp3) is 0.536. The van der Waals surface area contributed by atoms with Gasteiger partial charge in [0, 0.05) is 36.4 Å². The van der Waals surface area contributed by atoms with Crippen molar-refractivity contribution in [2.75, 3.05) is 58.2 Å². The van der Waals surface area contributed by atoms with Crippen LogP contribution in [0.4, 0.5) is 0 Å². The summed E-state index contributed by atoms with van der Waals surface area (Å²) in [6.45, 7) is 4.18. The maximum atomic E-state index is 13.6. The van der Waals surface area contributed by atoms with Gasteiger partial charge in [0.05, 0.1) is 25.1 Å². The summed E-state index contributed by atoms with van der Waals surface area (Å²) in [6, 6.07) is 34.4. The Hall–Kier alpha value is -4.84. The van der Waals surface area contributed by atoms with Crippen molar-refractivity contribution in [3.63, 3.8) is 0 Å². The molecule has 6 aliphatic rings. The number of aryl methyl sites for hydroxylation is 2. The molecule has 14 nitrogen and oxygen atoms in total. The zero-order chi connectivity index (χ0) is 49.7. The Bertz CT molecular complexity index is 2730. The SMILES string of the molecule is O=C(CCC(=O)ON(CCOc1ccc2c(c1)C(Cc1ccccc1)C(N1CCC1)CC2)S(=O)(=O)CC1CC1)OC(C1CC1)S(=O)(=O)NCCOc1ccc2c(c1)C(Cc1ccccc1)C(N1CCC1)CC2. The molecule has 4 aromatic rings. The van der Waals surface area contributed by atoms with Gasteiger partial charge < -0.3 is 19.0 Å². The van der Waals surface area contributed by atoms with Crippen LogP contribution in [0.2, 0.25) is 0 Å². The van der Waals surface area contributed by atoms with Gasteiger partial charge in [0.1, 0.15) is 24.7 Å². The summed E-state index contributed by atoms with van der Waals surface area (Å²) in [4.78, 5) is 37.0. The van der Waals surface area contributed by atoms with Gasteiger partial charge in [-0.3, -0.25) is 19.4 Å². The van der Waals surface area contributed by atoms with Crippen molar-refractivity contribution in [3.8, 4) is 11.5 Å². The Morgan fingerprint density at radius 2 is 1.17 bits per heavy atom. The van der Waals surface area contributed by atoms with Crippen molar-refractivity contribution in [2.45, 2.75) is 119 Å². The molecule has 0 radical (unpaired) electrons. The van der Waals surface area contributed by atoms with Crippen LogP contribution in [0.3, 0.4) is 0 Å². The number of hydrogen-bond acceptors (Lipinski definition) is 12. The van der Waals surface area contributed by atoms with E-state index < -0.39 is 50.3 Å². The Morgan fingerprint density at radius 3 is 1.67 bits per heavy atom. The normalized spacial score (nSPS) is 22.7. The van der Waals surface area contributed by atoms with E-state index in [2.05, 4.69) is 87.3 Å². The van der Waals surface area contributed by atoms with E-state index in [1.807, 2.05) is 24.3 Å². The lowest BCUT2D eigenvalue weighted by molar-refractivity contribution is -0.172. The van der Waals surface area contributed by atoms with Gasteiger partial charge in [-0.05, 0) is 171 Å². The number of rotatable bonds is 25. The number of hydrogen-bond donors (Lipinski definition) is 1. The summed E-state index contributed by atoms with van der Waals surface area (Å²) in [5, 5.41) is 0. The van der Waals surface area contributed by atoms with Gasteiger partial charge in [0.15, 0.2) is 0 Å². The first-order chi connectivity index (χ1) is 35.0. The van der Waals surface area contributed by atoms with Gasteiger partial charge in [-0.2, -0.15) is 0 Å². The predicted octanol–water partition coefficient (Wildman–Crippen LogP) is 7.32. The van der Waals surface area contributed by atoms with Crippen LogP contribution < -0.4 is 14.2 Å². The van der Waals surface area contributed by atoms with Crippen LogP contribution in [0.15, 0.2) is 97.1 Å². The van der Waals surface area contributed by atoms with Gasteiger partial charge in [-0.25, -0.2) is 21.6 Å². The third-order valence-corrected chi connectivity index (χ3v) is 19.1. The van der Waals surface area contributed by atoms with Crippen molar-refractivity contribution in [1.29, 1.82) is 0 Å². The van der Waals surface area contributed by atoms with Gasteiger partial charge in [-0.15, -0.1) is 0 Å². The van der Waals surface area contributed by atoms with Crippen LogP contribution in [-0.4, -0.2) is 119 Å². The molecule has 2 heterocycles. The molecule has 4 fully saturated rings. The minimum Gasteiger partial charge on any atom is -0.492 e. The maximum absolute atomic E-state index is 13.6. The quantitative estimate of drug-likeness (QED) is 0.0401. The number of nitrogens with one attached hydrogen (secondary N) is 1. The third-order valence-electron chi connectivity index (χ3n) is 15.7. The van der Waals surface area contributed by atoms with Crippen molar-refractivity contribution >= 4 is 32.0 Å². The first-order valence-electron chi connectivity index (χ1n) is 26.4. The highest BCUT2D eigenvalue weighted by atomic mass is 32.2. The van der Waals surface area contributed by atoms with E-state index in [0.29, 0.717) is 46.8 Å². The maximum Gasteiger partial charge on any atom is 0.327 e. The Morgan fingerprint density at radius 1 is 0.639 bits per heavy atom. The number of esters is 1. The summed E-state index contributed by atoms with van der Waals surface area (Å²) < 4.78 is 75.4. The summed E-state index contributed by atoms with van der Waals surface area (Å²) in [7, 11) is -8.14. The lowest BCUT2D eigenvalue weighted by Gasteiger charge is -2.45. The number of fused-ring (bicyclic) bond motifs is 2. The van der Waals surface area contributed by atoms with Crippen LogP contribution in [0, 0.1) is 11.8 Å². The van der Waals surface area contributed by atoms with Crippen LogP contribution in [0.5, 0.6) is 11.5 Å². The topological polar surface area (TPSA) is 161 Å². The molecule has 0 amide bonds. The molecule has 16 heteroatoms. The predicted molar refractivity (Wildman–Crippen MR) is 274 cm³/mol. The molecule has 2 aliphatic heterocycles. The zero-order valence-corrected chi connectivity index (χ0v) is 42.9. The average Bonchev–Trinajstić information content (AvgIpc) is 4.30. The average molecular weight is 1020 g/mol. The highest BCUT2D eigenvalue weighted by molar-refractivity contribution is 7.90. The molecule has 0 bridgehead atoms. The van der Waals surface area contributed by atoms with E-state index in [1.165, 1.54) is 46.2 Å². The monoisotopic (exact) mass is 1020 g/mol. The van der Waals surface area contributed by atoms with Crippen molar-refractivity contribution in [1.82, 2.24) is 19.0 Å². The van der Waals surface area contributed by atoms with Crippen LogP contribution >= 0.6 is 0 Å². The number of ether oxygens (including phenoxy) is 3. The third kappa shape index (κ3) is 12.7. The molecule has 72 heavy (non-hydrogen) atoms. The fourth-order valence-electron chi connectivity index (χ4n) is 11.3. The Labute approximate surface area is 425 Å². The second kappa shape index (κ2) is 22.7. The zero-order valence-electron chi connectivity index (χ0n) is 41.3. The van der Waals surface area contributed by atoms with Gasteiger partial charge in [-0.1, -0.05) is 72.8 Å². The minimum absolute atomic E-state index is 0.0143. The molecule has 5 atom stereocenters. The van der Waals surface area contributed by atoms with E-state index >= 15 is 0 Å². The fourth-order valence-corrected chi connectivity index (χ4v) is 14.4. The highest BCUT2D eigenvalue weighted by Gasteiger charge is 2.44. The number of carbonyl (C=O) groups is 2. The number of nitrogens with zero attached hydrogens (tertiary/aromatic N) is 3. The van der Waals surface area contributed by atoms with E-state index in [0.717, 1.165) is 77.5 Å². The van der Waals surface area contributed by atoms with Crippen LogP contribution in [-0.2, 0) is 64.9 Å². The van der Waals surface area contributed by atoms with E-state index in [9.17, 15) is 26.4 Å². The smallest absolute Gasteiger partial charge is 0.327 e. The van der Waals surface area contributed by atoms with E-state index in [1.54, 1.807) is 0 Å². The Balaban J connectivity index is 0.711. The van der Waals surface area contributed by atoms with E-state index in [4.69, 9.17) is 19.0 Å². The molecule has 10 rings (SSSR count). The second-order valence-electron chi connectivity index (χ2n) is 20.8. The number of carbonyl (C=O) groups excluding carboxylic acids is 2. The van der Waals surface area contributed by atoms with E-state index in [-0.39, 0.29) is 49.8 Å². The van der Waals surface area contributed by atoms with Gasteiger partial charge in [0.2, 0.25) is 25.5 Å². The van der Waals surface area contributed by atoms with Crippen molar-refractivity contribution in [3.05, 3.63) is 130 Å². The summed E-state index contributed by atoms with van der Waals surface area (Å²) in [5.41, 5.74) is 6.31. The minimum atomic E-state index is -4.12. The molecule has 1 N–H and O–H groups in total. The molecule has 2 saturated heterocycles.